The molecule has 1 saturated heterocycles. The Hall–Kier alpha value is -3.75. The minimum Gasteiger partial charge on any atom is -0.401 e. The Labute approximate surface area is 194 Å². The number of nitro groups is 1. The van der Waals surface area contributed by atoms with E-state index in [1.807, 2.05) is 12.1 Å². The van der Waals surface area contributed by atoms with Gasteiger partial charge in [-0.25, -0.2) is 9.69 Å². The summed E-state index contributed by atoms with van der Waals surface area (Å²) in [7, 11) is 0. The van der Waals surface area contributed by atoms with Gasteiger partial charge < -0.3 is 4.42 Å². The molecule has 174 valence electrons. The molecule has 34 heavy (non-hydrogen) atoms. The van der Waals surface area contributed by atoms with Crippen molar-refractivity contribution in [3.05, 3.63) is 63.4 Å². The Kier molecular flexibility index (Phi) is 4.52. The van der Waals surface area contributed by atoms with Crippen LogP contribution in [0.3, 0.4) is 0 Å². The first-order valence-electron chi connectivity index (χ1n) is 11.6. The zero-order chi connectivity index (χ0) is 23.6. The summed E-state index contributed by atoms with van der Waals surface area (Å²) in [5, 5.41) is 13.0. The standard InChI is InChI=1S/C25H23N3O6/c29-22-20(10-19-5-6-21(34-19)28(32)33)23(30)27(24(31)26-22)18-3-1-17(2-4-18)25-11-14-7-15(12-25)9-16(8-14)13-25/h1-6,10,14-16H,7-9,11-13H2,(H,26,29,31)/b20-10+. The molecule has 1 aromatic carbocycles. The minimum absolute atomic E-state index is 0.0309. The van der Waals surface area contributed by atoms with E-state index in [0.29, 0.717) is 5.69 Å². The fourth-order valence-electron chi connectivity index (χ4n) is 6.98. The van der Waals surface area contributed by atoms with Gasteiger partial charge in [0, 0.05) is 0 Å². The van der Waals surface area contributed by atoms with E-state index in [1.165, 1.54) is 50.2 Å². The molecular formula is C25H23N3O6. The van der Waals surface area contributed by atoms with E-state index in [9.17, 15) is 24.5 Å². The van der Waals surface area contributed by atoms with Crippen molar-refractivity contribution in [2.45, 2.75) is 43.9 Å². The molecule has 4 aliphatic carbocycles. The van der Waals surface area contributed by atoms with Crippen LogP contribution in [-0.4, -0.2) is 22.8 Å². The van der Waals surface area contributed by atoms with Gasteiger partial charge in [0.15, 0.2) is 0 Å². The van der Waals surface area contributed by atoms with Crippen LogP contribution in [0, 0.1) is 27.9 Å². The second-order valence-corrected chi connectivity index (χ2v) is 10.1. The van der Waals surface area contributed by atoms with E-state index in [0.717, 1.165) is 34.8 Å². The molecule has 4 saturated carbocycles. The number of amides is 4. The minimum atomic E-state index is -0.879. The van der Waals surface area contributed by atoms with Crippen LogP contribution in [0.5, 0.6) is 0 Å². The highest BCUT2D eigenvalue weighted by molar-refractivity contribution is 6.39. The van der Waals surface area contributed by atoms with Gasteiger partial charge in [-0.15, -0.1) is 0 Å². The number of carbonyl (C=O) groups excluding carboxylic acids is 3. The molecule has 9 nitrogen and oxygen atoms in total. The molecule has 2 aromatic rings. The normalized spacial score (nSPS) is 31.3. The van der Waals surface area contributed by atoms with E-state index >= 15 is 0 Å². The molecule has 5 fully saturated rings. The largest absolute Gasteiger partial charge is 0.433 e. The van der Waals surface area contributed by atoms with E-state index in [2.05, 4.69) is 5.32 Å². The first kappa shape index (κ1) is 20.8. The molecular weight excluding hydrogens is 438 g/mol. The predicted octanol–water partition coefficient (Wildman–Crippen LogP) is 4.32. The molecule has 4 bridgehead atoms. The highest BCUT2D eigenvalue weighted by atomic mass is 16.6. The summed E-state index contributed by atoms with van der Waals surface area (Å²) in [6.07, 6.45) is 8.77. The summed E-state index contributed by atoms with van der Waals surface area (Å²) in [5.74, 6) is 0.177. The van der Waals surface area contributed by atoms with Gasteiger partial charge in [-0.05, 0) is 91.5 Å². The van der Waals surface area contributed by atoms with E-state index < -0.39 is 28.7 Å². The number of imide groups is 2. The number of hydrogen-bond donors (Lipinski definition) is 1. The van der Waals surface area contributed by atoms with Crippen LogP contribution in [0.2, 0.25) is 0 Å². The van der Waals surface area contributed by atoms with Crippen molar-refractivity contribution < 1.29 is 23.7 Å². The van der Waals surface area contributed by atoms with Gasteiger partial charge in [-0.2, -0.15) is 0 Å². The Balaban J connectivity index is 1.28. The number of barbiturate groups is 1. The molecule has 0 radical (unpaired) electrons. The molecule has 1 aromatic heterocycles. The number of nitrogens with zero attached hydrogens (tertiary/aromatic N) is 2. The van der Waals surface area contributed by atoms with Crippen molar-refractivity contribution in [1.82, 2.24) is 5.32 Å². The van der Waals surface area contributed by atoms with E-state index in [4.69, 9.17) is 4.42 Å². The average Bonchev–Trinajstić information content (AvgIpc) is 3.25. The lowest BCUT2D eigenvalue weighted by Gasteiger charge is -2.57. The molecule has 2 heterocycles. The number of furan rings is 1. The van der Waals surface area contributed by atoms with Crippen molar-refractivity contribution in [3.63, 3.8) is 0 Å². The zero-order valence-electron chi connectivity index (χ0n) is 18.4. The molecule has 7 rings (SSSR count). The Morgan fingerprint density at radius 3 is 2.15 bits per heavy atom. The summed E-state index contributed by atoms with van der Waals surface area (Å²) in [6, 6.07) is 9.13. The summed E-state index contributed by atoms with van der Waals surface area (Å²) < 4.78 is 5.03. The third-order valence-corrected chi connectivity index (χ3v) is 7.96. The monoisotopic (exact) mass is 461 g/mol. The molecule has 1 N–H and O–H groups in total. The summed E-state index contributed by atoms with van der Waals surface area (Å²) in [5.41, 5.74) is 1.47. The number of benzene rings is 1. The van der Waals surface area contributed by atoms with E-state index in [1.54, 1.807) is 12.1 Å². The summed E-state index contributed by atoms with van der Waals surface area (Å²) >= 11 is 0. The van der Waals surface area contributed by atoms with Gasteiger partial charge in [0.25, 0.3) is 11.8 Å². The fourth-order valence-corrected chi connectivity index (χ4v) is 6.98. The van der Waals surface area contributed by atoms with Gasteiger partial charge in [-0.1, -0.05) is 12.1 Å². The molecule has 5 aliphatic rings. The molecule has 1 aliphatic heterocycles. The first-order chi connectivity index (χ1) is 16.3. The molecule has 4 amide bonds. The third-order valence-electron chi connectivity index (χ3n) is 7.96. The van der Waals surface area contributed by atoms with Crippen molar-refractivity contribution in [3.8, 4) is 0 Å². The lowest BCUT2D eigenvalue weighted by Crippen LogP contribution is -2.54. The van der Waals surface area contributed by atoms with Crippen molar-refractivity contribution in [2.75, 3.05) is 4.90 Å². The second kappa shape index (κ2) is 7.38. The number of carbonyl (C=O) groups is 3. The van der Waals surface area contributed by atoms with Crippen LogP contribution < -0.4 is 10.2 Å². The quantitative estimate of drug-likeness (QED) is 0.313. The number of urea groups is 1. The summed E-state index contributed by atoms with van der Waals surface area (Å²) in [4.78, 5) is 49.0. The van der Waals surface area contributed by atoms with Crippen LogP contribution in [0.4, 0.5) is 16.4 Å². The van der Waals surface area contributed by atoms with Gasteiger partial charge in [-0.3, -0.25) is 25.0 Å². The second-order valence-electron chi connectivity index (χ2n) is 10.1. The third kappa shape index (κ3) is 3.26. The van der Waals surface area contributed by atoms with Crippen LogP contribution in [-0.2, 0) is 15.0 Å². The molecule has 0 atom stereocenters. The molecule has 9 heteroatoms. The Bertz CT molecular complexity index is 1220. The van der Waals surface area contributed by atoms with Crippen molar-refractivity contribution in [1.29, 1.82) is 0 Å². The highest BCUT2D eigenvalue weighted by Crippen LogP contribution is 2.60. The van der Waals surface area contributed by atoms with Crippen LogP contribution >= 0.6 is 0 Å². The molecule has 0 unspecified atom stereocenters. The maximum Gasteiger partial charge on any atom is 0.433 e. The maximum absolute atomic E-state index is 13.1. The van der Waals surface area contributed by atoms with Crippen molar-refractivity contribution >= 4 is 35.5 Å². The Morgan fingerprint density at radius 2 is 1.59 bits per heavy atom. The fraction of sp³-hybridized carbons (Fsp3) is 0.400. The number of nitrogens with one attached hydrogen (secondary N) is 1. The lowest BCUT2D eigenvalue weighted by atomic mass is 9.48. The molecule has 0 spiro atoms. The smallest absolute Gasteiger partial charge is 0.401 e. The van der Waals surface area contributed by atoms with Gasteiger partial charge >= 0.3 is 11.9 Å². The van der Waals surface area contributed by atoms with Crippen LogP contribution in [0.1, 0.15) is 49.8 Å². The average molecular weight is 461 g/mol. The maximum atomic E-state index is 13.1. The number of anilines is 1. The topological polar surface area (TPSA) is 123 Å². The Morgan fingerprint density at radius 1 is 0.971 bits per heavy atom. The SMILES string of the molecule is O=C1NC(=O)N(c2ccc(C34CC5CC(CC(C5)C3)C4)cc2)C(=O)/C1=C/c1ccc([N+](=O)[O-])o1. The highest BCUT2D eigenvalue weighted by Gasteiger charge is 2.51. The van der Waals surface area contributed by atoms with Crippen LogP contribution in [0.25, 0.3) is 6.08 Å². The zero-order valence-corrected chi connectivity index (χ0v) is 18.4. The van der Waals surface area contributed by atoms with Gasteiger partial charge in [0.1, 0.15) is 16.3 Å². The lowest BCUT2D eigenvalue weighted by molar-refractivity contribution is -0.402. The van der Waals surface area contributed by atoms with Gasteiger partial charge in [0.2, 0.25) is 0 Å². The van der Waals surface area contributed by atoms with E-state index in [-0.39, 0.29) is 16.7 Å². The first-order valence-corrected chi connectivity index (χ1v) is 11.6. The number of rotatable bonds is 4. The van der Waals surface area contributed by atoms with Gasteiger partial charge in [0.05, 0.1) is 11.8 Å². The predicted molar refractivity (Wildman–Crippen MR) is 121 cm³/mol. The number of hydrogen-bond acceptors (Lipinski definition) is 6. The van der Waals surface area contributed by atoms with Crippen LogP contribution in [0.15, 0.2) is 46.4 Å². The summed E-state index contributed by atoms with van der Waals surface area (Å²) in [6.45, 7) is 0. The van der Waals surface area contributed by atoms with Crippen molar-refractivity contribution in [2.24, 2.45) is 17.8 Å².